The fourth-order valence-electron chi connectivity index (χ4n) is 1.28. The van der Waals surface area contributed by atoms with Gasteiger partial charge in [-0.3, -0.25) is 4.79 Å². The number of carbonyl (C=O) groups excluding carboxylic acids is 1. The first-order valence-corrected chi connectivity index (χ1v) is 5.21. The van der Waals surface area contributed by atoms with E-state index < -0.39 is 0 Å². The smallest absolute Gasteiger partial charge is 0.239 e. The lowest BCUT2D eigenvalue weighted by Gasteiger charge is -2.24. The third-order valence-electron chi connectivity index (χ3n) is 2.06. The van der Waals surface area contributed by atoms with Gasteiger partial charge in [0.25, 0.3) is 0 Å². The van der Waals surface area contributed by atoms with Crippen LogP contribution < -0.4 is 5.73 Å². The van der Waals surface area contributed by atoms with Crippen molar-refractivity contribution in [1.29, 1.82) is 0 Å². The second kappa shape index (κ2) is 6.89. The van der Waals surface area contributed by atoms with Crippen LogP contribution in [0.25, 0.3) is 0 Å². The normalized spacial score (nSPS) is 12.6. The highest BCUT2D eigenvalue weighted by atomic mass is 16.2. The van der Waals surface area contributed by atoms with Crippen LogP contribution in [-0.2, 0) is 4.79 Å². The lowest BCUT2D eigenvalue weighted by molar-refractivity contribution is -0.132. The van der Waals surface area contributed by atoms with Gasteiger partial charge in [-0.05, 0) is 19.3 Å². The Morgan fingerprint density at radius 2 is 1.69 bits per heavy atom. The van der Waals surface area contributed by atoms with E-state index >= 15 is 0 Å². The van der Waals surface area contributed by atoms with E-state index in [4.69, 9.17) is 5.73 Å². The highest BCUT2D eigenvalue weighted by Gasteiger charge is 2.17. The van der Waals surface area contributed by atoms with Crippen molar-refractivity contribution in [2.75, 3.05) is 13.1 Å². The Hall–Kier alpha value is -0.570. The summed E-state index contributed by atoms with van der Waals surface area (Å²) in [7, 11) is 0. The number of carbonyl (C=O) groups is 1. The summed E-state index contributed by atoms with van der Waals surface area (Å²) in [5.41, 5.74) is 5.69. The monoisotopic (exact) mass is 186 g/mol. The molecule has 0 heterocycles. The average molecular weight is 186 g/mol. The fourth-order valence-corrected chi connectivity index (χ4v) is 1.28. The SMILES string of the molecule is CCCN(CCC)C(=O)[C@@H](N)CC. The summed E-state index contributed by atoms with van der Waals surface area (Å²) >= 11 is 0. The van der Waals surface area contributed by atoms with Gasteiger partial charge < -0.3 is 10.6 Å². The second-order valence-electron chi connectivity index (χ2n) is 3.34. The Morgan fingerprint density at radius 1 is 1.23 bits per heavy atom. The molecule has 1 amide bonds. The molecule has 0 rings (SSSR count). The van der Waals surface area contributed by atoms with Crippen molar-refractivity contribution < 1.29 is 4.79 Å². The molecule has 0 saturated heterocycles. The Balaban J connectivity index is 4.09. The van der Waals surface area contributed by atoms with Gasteiger partial charge in [-0.2, -0.15) is 0 Å². The van der Waals surface area contributed by atoms with Crippen LogP contribution in [0.4, 0.5) is 0 Å². The summed E-state index contributed by atoms with van der Waals surface area (Å²) in [5, 5.41) is 0. The van der Waals surface area contributed by atoms with Crippen molar-refractivity contribution in [3.63, 3.8) is 0 Å². The minimum atomic E-state index is -0.307. The van der Waals surface area contributed by atoms with Crippen molar-refractivity contribution in [3.8, 4) is 0 Å². The van der Waals surface area contributed by atoms with Crippen molar-refractivity contribution >= 4 is 5.91 Å². The fraction of sp³-hybridized carbons (Fsp3) is 0.900. The predicted octanol–water partition coefficient (Wildman–Crippen LogP) is 1.37. The molecule has 0 bridgehead atoms. The zero-order valence-corrected chi connectivity index (χ0v) is 9.05. The average Bonchev–Trinajstić information content (AvgIpc) is 2.15. The Kier molecular flexibility index (Phi) is 6.59. The third kappa shape index (κ3) is 4.27. The van der Waals surface area contributed by atoms with Crippen LogP contribution in [0.5, 0.6) is 0 Å². The van der Waals surface area contributed by atoms with Crippen LogP contribution in [0.2, 0.25) is 0 Å². The minimum Gasteiger partial charge on any atom is -0.341 e. The predicted molar refractivity (Wildman–Crippen MR) is 55.4 cm³/mol. The molecule has 0 aromatic carbocycles. The molecule has 3 heteroatoms. The topological polar surface area (TPSA) is 46.3 Å². The number of nitrogens with two attached hydrogens (primary N) is 1. The first-order chi connectivity index (χ1) is 6.17. The molecular formula is C10H22N2O. The lowest BCUT2D eigenvalue weighted by atomic mass is 10.2. The Bertz CT molecular complexity index is 142. The van der Waals surface area contributed by atoms with E-state index in [1.807, 2.05) is 11.8 Å². The van der Waals surface area contributed by atoms with Crippen LogP contribution in [-0.4, -0.2) is 29.9 Å². The highest BCUT2D eigenvalue weighted by molar-refractivity contribution is 5.81. The molecule has 0 aromatic rings. The van der Waals surface area contributed by atoms with Gasteiger partial charge in [-0.15, -0.1) is 0 Å². The molecular weight excluding hydrogens is 164 g/mol. The lowest BCUT2D eigenvalue weighted by Crippen LogP contribution is -2.44. The molecule has 13 heavy (non-hydrogen) atoms. The van der Waals surface area contributed by atoms with E-state index in [1.165, 1.54) is 0 Å². The highest BCUT2D eigenvalue weighted by Crippen LogP contribution is 1.99. The molecule has 0 aromatic heterocycles. The van der Waals surface area contributed by atoms with Crippen LogP contribution in [0.1, 0.15) is 40.0 Å². The molecule has 0 spiro atoms. The maximum absolute atomic E-state index is 11.7. The van der Waals surface area contributed by atoms with E-state index in [-0.39, 0.29) is 11.9 Å². The number of hydrogen-bond donors (Lipinski definition) is 1. The van der Waals surface area contributed by atoms with E-state index in [0.717, 1.165) is 32.4 Å². The molecule has 78 valence electrons. The second-order valence-corrected chi connectivity index (χ2v) is 3.34. The largest absolute Gasteiger partial charge is 0.341 e. The standard InChI is InChI=1S/C10H22N2O/c1-4-7-12(8-5-2)10(13)9(11)6-3/h9H,4-8,11H2,1-3H3/t9-/m0/s1. The van der Waals surface area contributed by atoms with Gasteiger partial charge in [0.2, 0.25) is 5.91 Å². The molecule has 0 fully saturated rings. The molecule has 2 N–H and O–H groups in total. The minimum absolute atomic E-state index is 0.103. The van der Waals surface area contributed by atoms with Gasteiger partial charge >= 0.3 is 0 Å². The summed E-state index contributed by atoms with van der Waals surface area (Å²) in [6.45, 7) is 7.76. The van der Waals surface area contributed by atoms with Crippen LogP contribution in [0, 0.1) is 0 Å². The van der Waals surface area contributed by atoms with E-state index in [0.29, 0.717) is 0 Å². The molecule has 0 aliphatic rings. The zero-order chi connectivity index (χ0) is 10.3. The maximum Gasteiger partial charge on any atom is 0.239 e. The van der Waals surface area contributed by atoms with Crippen LogP contribution in [0.15, 0.2) is 0 Å². The summed E-state index contributed by atoms with van der Waals surface area (Å²) < 4.78 is 0. The third-order valence-corrected chi connectivity index (χ3v) is 2.06. The van der Waals surface area contributed by atoms with E-state index in [2.05, 4.69) is 13.8 Å². The summed E-state index contributed by atoms with van der Waals surface area (Å²) in [5.74, 6) is 0.103. The van der Waals surface area contributed by atoms with Gasteiger partial charge in [0.15, 0.2) is 0 Å². The number of nitrogens with zero attached hydrogens (tertiary/aromatic N) is 1. The summed E-state index contributed by atoms with van der Waals surface area (Å²) in [6.07, 6.45) is 2.73. The molecule has 3 nitrogen and oxygen atoms in total. The van der Waals surface area contributed by atoms with Crippen molar-refractivity contribution in [2.45, 2.75) is 46.1 Å². The number of hydrogen-bond acceptors (Lipinski definition) is 2. The summed E-state index contributed by atoms with van der Waals surface area (Å²) in [6, 6.07) is -0.307. The molecule has 0 radical (unpaired) electrons. The van der Waals surface area contributed by atoms with Crippen molar-refractivity contribution in [3.05, 3.63) is 0 Å². The van der Waals surface area contributed by atoms with Crippen LogP contribution >= 0.6 is 0 Å². The molecule has 0 aliphatic carbocycles. The van der Waals surface area contributed by atoms with Crippen molar-refractivity contribution in [1.82, 2.24) is 4.90 Å². The van der Waals surface area contributed by atoms with Gasteiger partial charge in [0.1, 0.15) is 0 Å². The molecule has 0 unspecified atom stereocenters. The van der Waals surface area contributed by atoms with Gasteiger partial charge in [-0.1, -0.05) is 20.8 Å². The zero-order valence-electron chi connectivity index (χ0n) is 9.05. The maximum atomic E-state index is 11.7. The number of amides is 1. The molecule has 1 atom stereocenters. The van der Waals surface area contributed by atoms with E-state index in [1.54, 1.807) is 0 Å². The van der Waals surface area contributed by atoms with Gasteiger partial charge in [0.05, 0.1) is 6.04 Å². The van der Waals surface area contributed by atoms with E-state index in [9.17, 15) is 4.79 Å². The number of rotatable bonds is 6. The molecule has 0 aliphatic heterocycles. The van der Waals surface area contributed by atoms with Crippen LogP contribution in [0.3, 0.4) is 0 Å². The summed E-state index contributed by atoms with van der Waals surface area (Å²) in [4.78, 5) is 13.5. The Labute approximate surface area is 81.3 Å². The quantitative estimate of drug-likeness (QED) is 0.681. The Morgan fingerprint density at radius 3 is 2.00 bits per heavy atom. The van der Waals surface area contributed by atoms with Gasteiger partial charge in [-0.25, -0.2) is 0 Å². The first kappa shape index (κ1) is 12.4. The van der Waals surface area contributed by atoms with Gasteiger partial charge in [0, 0.05) is 13.1 Å². The molecule has 0 saturated carbocycles. The van der Waals surface area contributed by atoms with Crippen molar-refractivity contribution in [2.24, 2.45) is 5.73 Å². The first-order valence-electron chi connectivity index (χ1n) is 5.21.